The predicted molar refractivity (Wildman–Crippen MR) is 80.5 cm³/mol. The molecule has 2 nitrogen and oxygen atoms in total. The molecule has 1 aliphatic heterocycles. The molecule has 106 valence electrons. The van der Waals surface area contributed by atoms with Gasteiger partial charge in [0.1, 0.15) is 5.82 Å². The Balaban J connectivity index is 2.18. The van der Waals surface area contributed by atoms with E-state index >= 15 is 0 Å². The number of hydrogen-bond donors (Lipinski definition) is 1. The van der Waals surface area contributed by atoms with Gasteiger partial charge in [0.25, 0.3) is 0 Å². The lowest BCUT2D eigenvalue weighted by Gasteiger charge is -2.41. The van der Waals surface area contributed by atoms with Gasteiger partial charge in [-0.15, -0.1) is 0 Å². The van der Waals surface area contributed by atoms with Crippen molar-refractivity contribution in [3.63, 3.8) is 0 Å². The molecular weight excluding hydrogens is 307 g/mol. The van der Waals surface area contributed by atoms with E-state index in [0.29, 0.717) is 17.5 Å². The Morgan fingerprint density at radius 3 is 2.58 bits per heavy atom. The van der Waals surface area contributed by atoms with Gasteiger partial charge in [-0.05, 0) is 49.5 Å². The molecular formula is C15H22BrFN2. The third-order valence-corrected chi connectivity index (χ3v) is 4.63. The van der Waals surface area contributed by atoms with E-state index < -0.39 is 0 Å². The Morgan fingerprint density at radius 2 is 2.00 bits per heavy atom. The molecule has 1 heterocycles. The van der Waals surface area contributed by atoms with Crippen molar-refractivity contribution in [3.05, 3.63) is 34.1 Å². The number of rotatable bonds is 3. The molecule has 1 aromatic rings. The lowest BCUT2D eigenvalue weighted by atomic mass is 9.82. The summed E-state index contributed by atoms with van der Waals surface area (Å²) in [6.07, 6.45) is 2.28. The zero-order valence-electron chi connectivity index (χ0n) is 11.6. The smallest absolute Gasteiger partial charge is 0.128 e. The summed E-state index contributed by atoms with van der Waals surface area (Å²) < 4.78 is 14.9. The molecule has 1 unspecified atom stereocenters. The molecule has 0 spiro atoms. The Kier molecular flexibility index (Phi) is 4.64. The largest absolute Gasteiger partial charge is 0.329 e. The highest BCUT2D eigenvalue weighted by Crippen LogP contribution is 2.34. The number of nitrogens with two attached hydrogens (primary N) is 1. The van der Waals surface area contributed by atoms with Gasteiger partial charge in [-0.1, -0.05) is 29.8 Å². The van der Waals surface area contributed by atoms with Crippen LogP contribution in [-0.4, -0.2) is 24.5 Å². The van der Waals surface area contributed by atoms with Crippen LogP contribution < -0.4 is 5.73 Å². The van der Waals surface area contributed by atoms with E-state index in [0.717, 1.165) is 30.4 Å². The molecule has 4 heteroatoms. The van der Waals surface area contributed by atoms with Crippen molar-refractivity contribution in [1.29, 1.82) is 0 Å². The Morgan fingerprint density at radius 1 is 1.37 bits per heavy atom. The number of likely N-dealkylation sites (tertiary alicyclic amines) is 1. The predicted octanol–water partition coefficient (Wildman–Crippen LogP) is 3.71. The highest BCUT2D eigenvalue weighted by atomic mass is 79.9. The van der Waals surface area contributed by atoms with Gasteiger partial charge in [-0.3, -0.25) is 4.90 Å². The van der Waals surface area contributed by atoms with E-state index in [1.165, 1.54) is 6.07 Å². The van der Waals surface area contributed by atoms with Crippen molar-refractivity contribution < 1.29 is 4.39 Å². The first-order chi connectivity index (χ1) is 8.93. The molecule has 1 saturated heterocycles. The minimum absolute atomic E-state index is 0.0198. The molecule has 0 saturated carbocycles. The van der Waals surface area contributed by atoms with Crippen LogP contribution in [0, 0.1) is 11.2 Å². The number of nitrogens with zero attached hydrogens (tertiary/aromatic N) is 1. The van der Waals surface area contributed by atoms with Crippen LogP contribution in [0.15, 0.2) is 22.7 Å². The molecule has 1 aromatic carbocycles. The zero-order valence-corrected chi connectivity index (χ0v) is 13.2. The summed E-state index contributed by atoms with van der Waals surface area (Å²) in [5.41, 5.74) is 7.00. The van der Waals surface area contributed by atoms with Gasteiger partial charge < -0.3 is 5.73 Å². The first kappa shape index (κ1) is 14.9. The SMILES string of the molecule is CC1(C)CCN(C(CN)c2cc(Br)ccc2F)CC1. The maximum atomic E-state index is 14.0. The van der Waals surface area contributed by atoms with E-state index in [1.807, 2.05) is 6.07 Å². The van der Waals surface area contributed by atoms with Crippen LogP contribution in [0.1, 0.15) is 38.3 Å². The van der Waals surface area contributed by atoms with Crippen LogP contribution in [0.25, 0.3) is 0 Å². The van der Waals surface area contributed by atoms with Crippen LogP contribution in [0.3, 0.4) is 0 Å². The zero-order chi connectivity index (χ0) is 14.0. The minimum atomic E-state index is -0.163. The van der Waals surface area contributed by atoms with Crippen molar-refractivity contribution in [2.24, 2.45) is 11.1 Å². The van der Waals surface area contributed by atoms with Gasteiger partial charge in [0.15, 0.2) is 0 Å². The lowest BCUT2D eigenvalue weighted by Crippen LogP contribution is -2.42. The fourth-order valence-electron chi connectivity index (χ4n) is 2.68. The molecule has 0 aliphatic carbocycles. The summed E-state index contributed by atoms with van der Waals surface area (Å²) in [6.45, 7) is 7.01. The van der Waals surface area contributed by atoms with Crippen LogP contribution in [0.4, 0.5) is 4.39 Å². The van der Waals surface area contributed by atoms with E-state index in [2.05, 4.69) is 34.7 Å². The normalized spacial score (nSPS) is 21.3. The summed E-state index contributed by atoms with van der Waals surface area (Å²) in [6, 6.07) is 5.07. The third-order valence-electron chi connectivity index (χ3n) is 4.13. The maximum Gasteiger partial charge on any atom is 0.128 e. The number of halogens is 2. The summed E-state index contributed by atoms with van der Waals surface area (Å²) in [5, 5.41) is 0. The highest BCUT2D eigenvalue weighted by molar-refractivity contribution is 9.10. The Hall–Kier alpha value is -0.450. The summed E-state index contributed by atoms with van der Waals surface area (Å²) in [5.74, 6) is -0.163. The van der Waals surface area contributed by atoms with Gasteiger partial charge >= 0.3 is 0 Å². The van der Waals surface area contributed by atoms with E-state index in [4.69, 9.17) is 5.73 Å². The standard InChI is InChI=1S/C15H22BrFN2/c1-15(2)5-7-19(8-6-15)14(10-18)12-9-11(16)3-4-13(12)17/h3-4,9,14H,5-8,10,18H2,1-2H3. The molecule has 2 rings (SSSR count). The van der Waals surface area contributed by atoms with E-state index in [-0.39, 0.29) is 11.9 Å². The fourth-order valence-corrected chi connectivity index (χ4v) is 3.06. The van der Waals surface area contributed by atoms with Crippen LogP contribution >= 0.6 is 15.9 Å². The van der Waals surface area contributed by atoms with Gasteiger partial charge in [-0.2, -0.15) is 0 Å². The second kappa shape index (κ2) is 5.90. The monoisotopic (exact) mass is 328 g/mol. The quantitative estimate of drug-likeness (QED) is 0.916. The van der Waals surface area contributed by atoms with Crippen molar-refractivity contribution in [2.45, 2.75) is 32.7 Å². The molecule has 1 aliphatic rings. The molecule has 1 atom stereocenters. The van der Waals surface area contributed by atoms with Crippen molar-refractivity contribution in [3.8, 4) is 0 Å². The first-order valence-electron chi connectivity index (χ1n) is 6.82. The van der Waals surface area contributed by atoms with Gasteiger partial charge in [-0.25, -0.2) is 4.39 Å². The fraction of sp³-hybridized carbons (Fsp3) is 0.600. The number of hydrogen-bond acceptors (Lipinski definition) is 2. The van der Waals surface area contributed by atoms with Crippen molar-refractivity contribution in [2.75, 3.05) is 19.6 Å². The minimum Gasteiger partial charge on any atom is -0.329 e. The molecule has 0 amide bonds. The molecule has 19 heavy (non-hydrogen) atoms. The third kappa shape index (κ3) is 3.56. The van der Waals surface area contributed by atoms with Crippen LogP contribution in [0.5, 0.6) is 0 Å². The molecule has 0 bridgehead atoms. The van der Waals surface area contributed by atoms with Crippen molar-refractivity contribution >= 4 is 15.9 Å². The highest BCUT2D eigenvalue weighted by Gasteiger charge is 2.30. The second-order valence-corrected chi connectivity index (χ2v) is 7.03. The maximum absolute atomic E-state index is 14.0. The average Bonchev–Trinajstić information content (AvgIpc) is 2.36. The Bertz CT molecular complexity index is 438. The molecule has 1 fully saturated rings. The summed E-state index contributed by atoms with van der Waals surface area (Å²) in [7, 11) is 0. The van der Waals surface area contributed by atoms with Crippen molar-refractivity contribution in [1.82, 2.24) is 4.90 Å². The lowest BCUT2D eigenvalue weighted by molar-refractivity contribution is 0.0949. The topological polar surface area (TPSA) is 29.3 Å². The van der Waals surface area contributed by atoms with E-state index in [9.17, 15) is 4.39 Å². The van der Waals surface area contributed by atoms with Gasteiger partial charge in [0.2, 0.25) is 0 Å². The van der Waals surface area contributed by atoms with E-state index in [1.54, 1.807) is 6.07 Å². The average molecular weight is 329 g/mol. The summed E-state index contributed by atoms with van der Waals surface area (Å²) in [4.78, 5) is 2.32. The van der Waals surface area contributed by atoms with Crippen LogP contribution in [0.2, 0.25) is 0 Å². The number of piperidine rings is 1. The first-order valence-corrected chi connectivity index (χ1v) is 7.61. The summed E-state index contributed by atoms with van der Waals surface area (Å²) >= 11 is 3.41. The van der Waals surface area contributed by atoms with Gasteiger partial charge in [0.05, 0.1) is 0 Å². The van der Waals surface area contributed by atoms with Gasteiger partial charge in [0, 0.05) is 22.6 Å². The number of benzene rings is 1. The molecule has 2 N–H and O–H groups in total. The molecule has 0 aromatic heterocycles. The van der Waals surface area contributed by atoms with Crippen LogP contribution in [-0.2, 0) is 0 Å². The Labute approximate surface area is 123 Å². The second-order valence-electron chi connectivity index (χ2n) is 6.12. The molecule has 0 radical (unpaired) electrons.